The zero-order valence-electron chi connectivity index (χ0n) is 15.4. The number of rotatable bonds is 2. The first-order chi connectivity index (χ1) is 12.1. The van der Waals surface area contributed by atoms with Crippen molar-refractivity contribution in [3.8, 4) is 0 Å². The lowest BCUT2D eigenvalue weighted by atomic mass is 10.1. The number of carbonyl (C=O) groups is 2. The van der Waals surface area contributed by atoms with Crippen molar-refractivity contribution < 1.29 is 14.3 Å². The van der Waals surface area contributed by atoms with Gasteiger partial charge in [-0.15, -0.1) is 12.4 Å². The van der Waals surface area contributed by atoms with E-state index in [9.17, 15) is 9.59 Å². The van der Waals surface area contributed by atoms with Crippen LogP contribution in [0.25, 0.3) is 0 Å². The predicted molar refractivity (Wildman–Crippen MR) is 103 cm³/mol. The fourth-order valence-electron chi connectivity index (χ4n) is 3.51. The Balaban J connectivity index is 0.00000243. The van der Waals surface area contributed by atoms with Gasteiger partial charge in [-0.1, -0.05) is 17.7 Å². The van der Waals surface area contributed by atoms with Crippen LogP contribution in [-0.2, 0) is 9.53 Å². The average Bonchev–Trinajstić information content (AvgIpc) is 2.87. The quantitative estimate of drug-likeness (QED) is 0.842. The number of nitrogens with zero attached hydrogens (tertiary/aromatic N) is 2. The normalized spacial score (nSPS) is 23.8. The lowest BCUT2D eigenvalue weighted by Gasteiger charge is -2.33. The molecule has 26 heavy (non-hydrogen) atoms. The number of benzene rings is 1. The Morgan fingerprint density at radius 3 is 2.62 bits per heavy atom. The first-order valence-corrected chi connectivity index (χ1v) is 9.06. The monoisotopic (exact) mass is 381 g/mol. The molecule has 1 aromatic rings. The highest BCUT2D eigenvalue weighted by Gasteiger charge is 2.33. The van der Waals surface area contributed by atoms with Crippen LogP contribution in [0.1, 0.15) is 29.3 Å². The third-order valence-electron chi connectivity index (χ3n) is 4.94. The van der Waals surface area contributed by atoms with Gasteiger partial charge in [-0.2, -0.15) is 0 Å². The molecule has 7 heteroatoms. The Bertz CT molecular complexity index is 640. The molecule has 6 nitrogen and oxygen atoms in total. The largest absolute Gasteiger partial charge is 0.375 e. The van der Waals surface area contributed by atoms with E-state index in [1.54, 1.807) is 0 Å². The van der Waals surface area contributed by atoms with Crippen molar-refractivity contribution in [2.45, 2.75) is 32.4 Å². The molecule has 0 bridgehead atoms. The van der Waals surface area contributed by atoms with Crippen molar-refractivity contribution in [2.24, 2.45) is 0 Å². The molecule has 2 amide bonds. The molecule has 0 unspecified atom stereocenters. The number of carbonyl (C=O) groups excluding carboxylic acids is 2. The van der Waals surface area contributed by atoms with Gasteiger partial charge in [0.1, 0.15) is 6.04 Å². The molecule has 2 fully saturated rings. The average molecular weight is 382 g/mol. The Hall–Kier alpha value is -1.63. The summed E-state index contributed by atoms with van der Waals surface area (Å²) in [5.41, 5.74) is 1.80. The summed E-state index contributed by atoms with van der Waals surface area (Å²) < 4.78 is 5.59. The number of halogens is 1. The van der Waals surface area contributed by atoms with Gasteiger partial charge in [0.15, 0.2) is 0 Å². The molecule has 2 aliphatic heterocycles. The summed E-state index contributed by atoms with van der Waals surface area (Å²) in [6, 6.07) is 7.38. The van der Waals surface area contributed by atoms with Crippen LogP contribution in [-0.4, -0.2) is 73.1 Å². The van der Waals surface area contributed by atoms with E-state index in [2.05, 4.69) is 5.32 Å². The second-order valence-electron chi connectivity index (χ2n) is 6.85. The van der Waals surface area contributed by atoms with Crippen LogP contribution in [0.5, 0.6) is 0 Å². The Morgan fingerprint density at radius 2 is 1.88 bits per heavy atom. The lowest BCUT2D eigenvalue weighted by molar-refractivity contribution is -0.139. The molecule has 144 valence electrons. The highest BCUT2D eigenvalue weighted by molar-refractivity contribution is 5.94. The SMILES string of the molecule is Cc1cccc(C(=O)N2CCCN(C(=O)[C@H]3NCCO[C@@H]3C)CC2)c1.Cl. The van der Waals surface area contributed by atoms with E-state index in [0.29, 0.717) is 39.3 Å². The number of hydrogen-bond donors (Lipinski definition) is 1. The molecule has 2 atom stereocenters. The number of nitrogens with one attached hydrogen (secondary N) is 1. The molecular weight excluding hydrogens is 354 g/mol. The number of aryl methyl sites for hydroxylation is 1. The van der Waals surface area contributed by atoms with Crippen molar-refractivity contribution in [1.29, 1.82) is 0 Å². The fourth-order valence-corrected chi connectivity index (χ4v) is 3.51. The van der Waals surface area contributed by atoms with Crippen LogP contribution in [0.2, 0.25) is 0 Å². The molecule has 2 aliphatic rings. The zero-order valence-corrected chi connectivity index (χ0v) is 16.3. The van der Waals surface area contributed by atoms with Gasteiger partial charge >= 0.3 is 0 Å². The minimum absolute atomic E-state index is 0. The van der Waals surface area contributed by atoms with Crippen LogP contribution in [0.4, 0.5) is 0 Å². The second kappa shape index (κ2) is 9.35. The molecule has 0 aromatic heterocycles. The van der Waals surface area contributed by atoms with Crippen molar-refractivity contribution in [3.05, 3.63) is 35.4 Å². The molecular formula is C19H28ClN3O3. The van der Waals surface area contributed by atoms with Crippen molar-refractivity contribution >= 4 is 24.2 Å². The van der Waals surface area contributed by atoms with Crippen molar-refractivity contribution in [2.75, 3.05) is 39.3 Å². The number of hydrogen-bond acceptors (Lipinski definition) is 4. The molecule has 0 spiro atoms. The summed E-state index contributed by atoms with van der Waals surface area (Å²) >= 11 is 0. The minimum Gasteiger partial charge on any atom is -0.375 e. The van der Waals surface area contributed by atoms with Gasteiger partial charge in [0, 0.05) is 38.3 Å². The maximum absolute atomic E-state index is 12.8. The number of ether oxygens (including phenoxy) is 1. The topological polar surface area (TPSA) is 61.9 Å². The molecule has 2 saturated heterocycles. The van der Waals surface area contributed by atoms with Crippen LogP contribution < -0.4 is 5.32 Å². The summed E-state index contributed by atoms with van der Waals surface area (Å²) in [4.78, 5) is 29.2. The second-order valence-corrected chi connectivity index (χ2v) is 6.85. The van der Waals surface area contributed by atoms with E-state index < -0.39 is 0 Å². The third kappa shape index (κ3) is 4.75. The van der Waals surface area contributed by atoms with Crippen LogP contribution >= 0.6 is 12.4 Å². The highest BCUT2D eigenvalue weighted by atomic mass is 35.5. The number of amides is 2. The number of morpholine rings is 1. The first kappa shape index (κ1) is 20.7. The molecule has 3 rings (SSSR count). The molecule has 0 saturated carbocycles. The molecule has 2 heterocycles. The maximum Gasteiger partial charge on any atom is 0.253 e. The highest BCUT2D eigenvalue weighted by Crippen LogP contribution is 2.13. The van der Waals surface area contributed by atoms with Gasteiger partial charge in [0.05, 0.1) is 12.7 Å². The Labute approximate surface area is 161 Å². The van der Waals surface area contributed by atoms with Crippen LogP contribution in [0.15, 0.2) is 24.3 Å². The van der Waals surface area contributed by atoms with E-state index in [4.69, 9.17) is 4.74 Å². The summed E-state index contributed by atoms with van der Waals surface area (Å²) in [5, 5.41) is 3.26. The van der Waals surface area contributed by atoms with Crippen LogP contribution in [0.3, 0.4) is 0 Å². The standard InChI is InChI=1S/C19H27N3O3.ClH/c1-14-5-3-6-16(13-14)18(23)21-8-4-9-22(11-10-21)19(24)17-15(2)25-12-7-20-17;/h3,5-6,13,15,17,20H,4,7-12H2,1-2H3;1H/t15-,17+;/m1./s1. The van der Waals surface area contributed by atoms with E-state index >= 15 is 0 Å². The summed E-state index contributed by atoms with van der Waals surface area (Å²) in [6.07, 6.45) is 0.681. The summed E-state index contributed by atoms with van der Waals surface area (Å²) in [6.45, 7) is 7.76. The molecule has 0 radical (unpaired) electrons. The van der Waals surface area contributed by atoms with Crippen LogP contribution in [0, 0.1) is 6.92 Å². The maximum atomic E-state index is 12.8. The third-order valence-corrected chi connectivity index (χ3v) is 4.94. The van der Waals surface area contributed by atoms with E-state index in [-0.39, 0.29) is 36.4 Å². The van der Waals surface area contributed by atoms with Gasteiger partial charge in [0.2, 0.25) is 5.91 Å². The summed E-state index contributed by atoms with van der Waals surface area (Å²) in [7, 11) is 0. The van der Waals surface area contributed by atoms with Crippen molar-refractivity contribution in [3.63, 3.8) is 0 Å². The zero-order chi connectivity index (χ0) is 17.8. The molecule has 1 N–H and O–H groups in total. The molecule has 0 aliphatic carbocycles. The molecule has 1 aromatic carbocycles. The van der Waals surface area contributed by atoms with Gasteiger partial charge < -0.3 is 19.9 Å². The first-order valence-electron chi connectivity index (χ1n) is 9.06. The van der Waals surface area contributed by atoms with Gasteiger partial charge in [0.25, 0.3) is 5.91 Å². The van der Waals surface area contributed by atoms with E-state index in [1.165, 1.54) is 0 Å². The van der Waals surface area contributed by atoms with Gasteiger partial charge in [-0.05, 0) is 32.4 Å². The van der Waals surface area contributed by atoms with Crippen molar-refractivity contribution in [1.82, 2.24) is 15.1 Å². The Morgan fingerprint density at radius 1 is 1.15 bits per heavy atom. The predicted octanol–water partition coefficient (Wildman–Crippen LogP) is 1.47. The van der Waals surface area contributed by atoms with E-state index in [0.717, 1.165) is 17.5 Å². The lowest BCUT2D eigenvalue weighted by Crippen LogP contribution is -2.56. The summed E-state index contributed by atoms with van der Waals surface area (Å²) in [5.74, 6) is 0.127. The van der Waals surface area contributed by atoms with Gasteiger partial charge in [-0.3, -0.25) is 9.59 Å². The fraction of sp³-hybridized carbons (Fsp3) is 0.579. The van der Waals surface area contributed by atoms with E-state index in [1.807, 2.05) is 47.9 Å². The Kier molecular flexibility index (Phi) is 7.43. The minimum atomic E-state index is -0.284. The smallest absolute Gasteiger partial charge is 0.253 e. The van der Waals surface area contributed by atoms with Gasteiger partial charge in [-0.25, -0.2) is 0 Å².